The molecule has 1 aromatic heterocycles. The van der Waals surface area contributed by atoms with E-state index in [0.29, 0.717) is 24.5 Å². The summed E-state index contributed by atoms with van der Waals surface area (Å²) in [6.07, 6.45) is 2.22. The fraction of sp³-hybridized carbons (Fsp3) is 0.368. The maximum absolute atomic E-state index is 13.8. The molecule has 5 nitrogen and oxygen atoms in total. The summed E-state index contributed by atoms with van der Waals surface area (Å²) >= 11 is 0. The lowest BCUT2D eigenvalue weighted by atomic mass is 10.1. The van der Waals surface area contributed by atoms with Gasteiger partial charge in [-0.15, -0.1) is 0 Å². The van der Waals surface area contributed by atoms with Crippen molar-refractivity contribution in [1.82, 2.24) is 9.88 Å². The molecule has 1 unspecified atom stereocenters. The zero-order chi connectivity index (χ0) is 18.5. The molecule has 0 bridgehead atoms. The van der Waals surface area contributed by atoms with Gasteiger partial charge in [-0.2, -0.15) is 0 Å². The largest absolute Gasteiger partial charge is 0.383 e. The number of rotatable bonds is 6. The van der Waals surface area contributed by atoms with Gasteiger partial charge in [0.25, 0.3) is 0 Å². The molecule has 1 aliphatic heterocycles. The summed E-state index contributed by atoms with van der Waals surface area (Å²) in [6, 6.07) is 7.20. The van der Waals surface area contributed by atoms with Crippen molar-refractivity contribution in [1.29, 1.82) is 0 Å². The average molecular weight is 361 g/mol. The molecular formula is C19H21F2N3O2. The molecule has 2 aromatic rings. The van der Waals surface area contributed by atoms with E-state index in [0.717, 1.165) is 25.6 Å². The van der Waals surface area contributed by atoms with Crippen molar-refractivity contribution in [2.75, 3.05) is 38.7 Å². The van der Waals surface area contributed by atoms with E-state index in [-0.39, 0.29) is 17.4 Å². The lowest BCUT2D eigenvalue weighted by molar-refractivity contribution is -0.119. The third-order valence-corrected chi connectivity index (χ3v) is 4.53. The van der Waals surface area contributed by atoms with E-state index in [1.165, 1.54) is 18.3 Å². The Labute approximate surface area is 151 Å². The normalized spacial score (nSPS) is 17.4. The number of pyridine rings is 1. The summed E-state index contributed by atoms with van der Waals surface area (Å²) in [7, 11) is 1.66. The Kier molecular flexibility index (Phi) is 5.90. The van der Waals surface area contributed by atoms with E-state index in [1.54, 1.807) is 19.2 Å². The lowest BCUT2D eigenvalue weighted by Crippen LogP contribution is -2.29. The van der Waals surface area contributed by atoms with Crippen LogP contribution in [0.1, 0.15) is 6.42 Å². The number of ether oxygens (including phenoxy) is 1. The number of hydrogen-bond donors (Lipinski definition) is 1. The number of carbonyl (C=O) groups excluding carboxylic acids is 1. The molecule has 1 fully saturated rings. The van der Waals surface area contributed by atoms with Crippen LogP contribution in [0.4, 0.5) is 14.6 Å². The number of carbonyl (C=O) groups is 1. The number of likely N-dealkylation sites (tertiary alicyclic amines) is 1. The third-order valence-electron chi connectivity index (χ3n) is 4.53. The second-order valence-electron chi connectivity index (χ2n) is 6.30. The summed E-state index contributed by atoms with van der Waals surface area (Å²) < 4.78 is 32.2. The number of methoxy groups -OCH3 is 1. The Hall–Kier alpha value is -2.38. The molecule has 0 aliphatic carbocycles. The maximum Gasteiger partial charge on any atom is 0.229 e. The molecule has 0 saturated carbocycles. The first-order chi connectivity index (χ1) is 12.6. The van der Waals surface area contributed by atoms with E-state index in [2.05, 4.69) is 15.2 Å². The summed E-state index contributed by atoms with van der Waals surface area (Å²) in [5, 5.41) is 2.79. The summed E-state index contributed by atoms with van der Waals surface area (Å²) in [6.45, 7) is 3.02. The predicted octanol–water partition coefficient (Wildman–Crippen LogP) is 2.93. The number of halogens is 2. The topological polar surface area (TPSA) is 54.5 Å². The molecule has 1 saturated heterocycles. The van der Waals surface area contributed by atoms with Gasteiger partial charge in [-0.05, 0) is 31.2 Å². The van der Waals surface area contributed by atoms with Crippen LogP contribution in [0.25, 0.3) is 11.1 Å². The molecule has 1 amide bonds. The SMILES string of the molecule is COCCN1CCC(C(=O)Nc2ccc(-c3cccc(F)c3F)cn2)C1. The van der Waals surface area contributed by atoms with E-state index in [4.69, 9.17) is 4.74 Å². The molecule has 3 rings (SSSR count). The number of anilines is 1. The van der Waals surface area contributed by atoms with Crippen LogP contribution in [0.2, 0.25) is 0 Å². The van der Waals surface area contributed by atoms with Gasteiger partial charge in [0.15, 0.2) is 11.6 Å². The van der Waals surface area contributed by atoms with Crippen LogP contribution in [0.15, 0.2) is 36.5 Å². The highest BCUT2D eigenvalue weighted by Crippen LogP contribution is 2.25. The number of amides is 1. The van der Waals surface area contributed by atoms with Crippen LogP contribution < -0.4 is 5.32 Å². The van der Waals surface area contributed by atoms with Gasteiger partial charge in [-0.1, -0.05) is 12.1 Å². The molecule has 1 N–H and O–H groups in total. The van der Waals surface area contributed by atoms with Crippen LogP contribution in [-0.2, 0) is 9.53 Å². The van der Waals surface area contributed by atoms with Crippen LogP contribution in [0.3, 0.4) is 0 Å². The van der Waals surface area contributed by atoms with Gasteiger partial charge in [0.1, 0.15) is 5.82 Å². The van der Waals surface area contributed by atoms with E-state index in [9.17, 15) is 13.6 Å². The highest BCUT2D eigenvalue weighted by Gasteiger charge is 2.28. The van der Waals surface area contributed by atoms with Crippen molar-refractivity contribution in [2.24, 2.45) is 5.92 Å². The monoisotopic (exact) mass is 361 g/mol. The van der Waals surface area contributed by atoms with Crippen molar-refractivity contribution < 1.29 is 18.3 Å². The minimum atomic E-state index is -0.909. The maximum atomic E-state index is 13.8. The average Bonchev–Trinajstić information content (AvgIpc) is 3.12. The molecule has 1 atom stereocenters. The number of benzene rings is 1. The highest BCUT2D eigenvalue weighted by atomic mass is 19.2. The molecule has 26 heavy (non-hydrogen) atoms. The second kappa shape index (κ2) is 8.33. The van der Waals surface area contributed by atoms with Crippen LogP contribution in [-0.4, -0.2) is 49.1 Å². The molecule has 0 spiro atoms. The number of aromatic nitrogens is 1. The first-order valence-electron chi connectivity index (χ1n) is 8.51. The minimum absolute atomic E-state index is 0.0814. The van der Waals surface area contributed by atoms with Gasteiger partial charge in [-0.25, -0.2) is 13.8 Å². The van der Waals surface area contributed by atoms with Gasteiger partial charge in [0, 0.05) is 37.5 Å². The number of nitrogens with zero attached hydrogens (tertiary/aromatic N) is 2. The summed E-state index contributed by atoms with van der Waals surface area (Å²) in [5.41, 5.74) is 0.589. The van der Waals surface area contributed by atoms with Crippen molar-refractivity contribution in [3.05, 3.63) is 48.2 Å². The van der Waals surface area contributed by atoms with Gasteiger partial charge in [0.05, 0.1) is 12.5 Å². The molecule has 1 aliphatic rings. The van der Waals surface area contributed by atoms with Crippen LogP contribution in [0, 0.1) is 17.6 Å². The third kappa shape index (κ3) is 4.23. The van der Waals surface area contributed by atoms with Gasteiger partial charge >= 0.3 is 0 Å². The number of hydrogen-bond acceptors (Lipinski definition) is 4. The van der Waals surface area contributed by atoms with Gasteiger partial charge in [-0.3, -0.25) is 4.79 Å². The van der Waals surface area contributed by atoms with Crippen molar-refractivity contribution >= 4 is 11.7 Å². The fourth-order valence-electron chi connectivity index (χ4n) is 3.05. The Morgan fingerprint density at radius 1 is 1.35 bits per heavy atom. The van der Waals surface area contributed by atoms with Crippen LogP contribution in [0.5, 0.6) is 0 Å². The molecule has 1 aromatic carbocycles. The Balaban J connectivity index is 1.61. The summed E-state index contributed by atoms with van der Waals surface area (Å²) in [4.78, 5) is 18.7. The first kappa shape index (κ1) is 18.4. The second-order valence-corrected chi connectivity index (χ2v) is 6.30. The van der Waals surface area contributed by atoms with Crippen molar-refractivity contribution in [2.45, 2.75) is 6.42 Å². The van der Waals surface area contributed by atoms with Gasteiger partial charge in [0.2, 0.25) is 5.91 Å². The van der Waals surface area contributed by atoms with Crippen LogP contribution >= 0.6 is 0 Å². The molecule has 7 heteroatoms. The Morgan fingerprint density at radius 3 is 2.92 bits per heavy atom. The Morgan fingerprint density at radius 2 is 2.19 bits per heavy atom. The predicted molar refractivity (Wildman–Crippen MR) is 94.6 cm³/mol. The lowest BCUT2D eigenvalue weighted by Gasteiger charge is -2.15. The zero-order valence-electron chi connectivity index (χ0n) is 14.5. The first-order valence-corrected chi connectivity index (χ1v) is 8.51. The molecular weight excluding hydrogens is 340 g/mol. The van der Waals surface area contributed by atoms with E-state index in [1.807, 2.05) is 0 Å². The van der Waals surface area contributed by atoms with Gasteiger partial charge < -0.3 is 15.0 Å². The quantitative estimate of drug-likeness (QED) is 0.860. The standard InChI is InChI=1S/C19H21F2N3O2/c1-26-10-9-24-8-7-14(12-24)19(25)23-17-6-5-13(11-22-17)15-3-2-4-16(20)18(15)21/h2-6,11,14H,7-10,12H2,1H3,(H,22,23,25). The van der Waals surface area contributed by atoms with Crippen molar-refractivity contribution in [3.63, 3.8) is 0 Å². The summed E-state index contributed by atoms with van der Waals surface area (Å²) in [5.74, 6) is -1.59. The van der Waals surface area contributed by atoms with Crippen molar-refractivity contribution in [3.8, 4) is 11.1 Å². The van der Waals surface area contributed by atoms with E-state index < -0.39 is 11.6 Å². The smallest absolute Gasteiger partial charge is 0.229 e. The molecule has 2 heterocycles. The zero-order valence-corrected chi connectivity index (χ0v) is 14.5. The number of nitrogens with one attached hydrogen (secondary N) is 1. The van der Waals surface area contributed by atoms with E-state index >= 15 is 0 Å². The fourth-order valence-corrected chi connectivity index (χ4v) is 3.05. The minimum Gasteiger partial charge on any atom is -0.383 e. The highest BCUT2D eigenvalue weighted by molar-refractivity contribution is 5.92. The molecule has 138 valence electrons. The Bertz CT molecular complexity index is 768. The molecule has 0 radical (unpaired) electrons.